The molecule has 1 unspecified atom stereocenters. The molecule has 0 spiro atoms. The number of ether oxygens (including phenoxy) is 1. The van der Waals surface area contributed by atoms with Gasteiger partial charge in [0.15, 0.2) is 0 Å². The second-order valence-corrected chi connectivity index (χ2v) is 5.50. The Morgan fingerprint density at radius 3 is 3.00 bits per heavy atom. The zero-order chi connectivity index (χ0) is 12.1. The van der Waals surface area contributed by atoms with E-state index in [4.69, 9.17) is 4.74 Å². The molecule has 17 heavy (non-hydrogen) atoms. The van der Waals surface area contributed by atoms with E-state index in [1.165, 1.54) is 19.3 Å². The Bertz CT molecular complexity index is 338. The van der Waals surface area contributed by atoms with Gasteiger partial charge < -0.3 is 10.1 Å². The van der Waals surface area contributed by atoms with Crippen molar-refractivity contribution in [1.29, 1.82) is 0 Å². The van der Waals surface area contributed by atoms with Crippen LogP contribution in [0.2, 0.25) is 0 Å². The topological polar surface area (TPSA) is 50.3 Å². The van der Waals surface area contributed by atoms with Crippen LogP contribution < -0.4 is 5.32 Å². The van der Waals surface area contributed by atoms with Crippen LogP contribution in [-0.2, 0) is 11.3 Å². The van der Waals surface area contributed by atoms with Crippen molar-refractivity contribution in [2.75, 3.05) is 32.6 Å². The smallest absolute Gasteiger partial charge is 0.205 e. The Morgan fingerprint density at radius 1 is 1.47 bits per heavy atom. The standard InChI is InChI=1S/C11H20N4OS/c1-12-11-14-13-10(17-11)8-15(2)7-9-5-3-4-6-16-9/h9H,3-8H2,1-2H3,(H,12,14). The van der Waals surface area contributed by atoms with Crippen molar-refractivity contribution in [3.8, 4) is 0 Å². The van der Waals surface area contributed by atoms with E-state index in [1.54, 1.807) is 11.3 Å². The molecule has 2 rings (SSSR count). The molecule has 96 valence electrons. The molecule has 5 nitrogen and oxygen atoms in total. The molecule has 0 aliphatic carbocycles. The minimum atomic E-state index is 0.394. The summed E-state index contributed by atoms with van der Waals surface area (Å²) in [4.78, 5) is 2.26. The summed E-state index contributed by atoms with van der Waals surface area (Å²) in [6, 6.07) is 0. The first-order chi connectivity index (χ1) is 8.28. The number of nitrogens with one attached hydrogen (secondary N) is 1. The molecule has 6 heteroatoms. The van der Waals surface area contributed by atoms with E-state index < -0.39 is 0 Å². The molecule has 0 bridgehead atoms. The van der Waals surface area contributed by atoms with Crippen LogP contribution in [0.15, 0.2) is 0 Å². The quantitative estimate of drug-likeness (QED) is 0.867. The van der Waals surface area contributed by atoms with Gasteiger partial charge in [-0.2, -0.15) is 0 Å². The highest BCUT2D eigenvalue weighted by Crippen LogP contribution is 2.17. The van der Waals surface area contributed by atoms with E-state index >= 15 is 0 Å². The third-order valence-electron chi connectivity index (χ3n) is 2.88. The molecule has 0 amide bonds. The molecule has 1 atom stereocenters. The van der Waals surface area contributed by atoms with Crippen LogP contribution in [0.5, 0.6) is 0 Å². The number of hydrogen-bond donors (Lipinski definition) is 1. The van der Waals surface area contributed by atoms with Gasteiger partial charge in [-0.1, -0.05) is 11.3 Å². The van der Waals surface area contributed by atoms with Crippen LogP contribution in [0.4, 0.5) is 5.13 Å². The van der Waals surface area contributed by atoms with Gasteiger partial charge in [0.1, 0.15) is 5.01 Å². The molecule has 1 aromatic heterocycles. The van der Waals surface area contributed by atoms with Crippen molar-refractivity contribution in [2.24, 2.45) is 0 Å². The summed E-state index contributed by atoms with van der Waals surface area (Å²) in [5.74, 6) is 0. The van der Waals surface area contributed by atoms with E-state index in [1.807, 2.05) is 7.05 Å². The van der Waals surface area contributed by atoms with Crippen LogP contribution >= 0.6 is 11.3 Å². The van der Waals surface area contributed by atoms with E-state index in [9.17, 15) is 0 Å². The zero-order valence-electron chi connectivity index (χ0n) is 10.5. The SMILES string of the molecule is CNc1nnc(CN(C)CC2CCCCO2)s1. The summed E-state index contributed by atoms with van der Waals surface area (Å²) in [5.41, 5.74) is 0. The lowest BCUT2D eigenvalue weighted by molar-refractivity contribution is -0.00262. The van der Waals surface area contributed by atoms with E-state index in [-0.39, 0.29) is 0 Å². The number of likely N-dealkylation sites (N-methyl/N-ethyl adjacent to an activating group) is 1. The number of hydrogen-bond acceptors (Lipinski definition) is 6. The molecule has 2 heterocycles. The van der Waals surface area contributed by atoms with Crippen molar-refractivity contribution >= 4 is 16.5 Å². The van der Waals surface area contributed by atoms with Crippen LogP contribution in [0.25, 0.3) is 0 Å². The maximum atomic E-state index is 5.73. The minimum absolute atomic E-state index is 0.394. The van der Waals surface area contributed by atoms with Gasteiger partial charge in [-0.15, -0.1) is 10.2 Å². The van der Waals surface area contributed by atoms with Gasteiger partial charge in [0.25, 0.3) is 0 Å². The van der Waals surface area contributed by atoms with Crippen molar-refractivity contribution in [3.05, 3.63) is 5.01 Å². The normalized spacial score (nSPS) is 20.8. The van der Waals surface area contributed by atoms with Crippen molar-refractivity contribution in [2.45, 2.75) is 31.9 Å². The highest BCUT2D eigenvalue weighted by atomic mass is 32.1. The number of aromatic nitrogens is 2. The fraction of sp³-hybridized carbons (Fsp3) is 0.818. The lowest BCUT2D eigenvalue weighted by Gasteiger charge is -2.26. The second-order valence-electron chi connectivity index (χ2n) is 4.44. The number of rotatable bonds is 5. The third-order valence-corrected chi connectivity index (χ3v) is 3.80. The van der Waals surface area contributed by atoms with E-state index in [0.29, 0.717) is 6.10 Å². The summed E-state index contributed by atoms with van der Waals surface area (Å²) >= 11 is 1.61. The monoisotopic (exact) mass is 256 g/mol. The molecule has 1 aliphatic rings. The van der Waals surface area contributed by atoms with Crippen LogP contribution in [-0.4, -0.2) is 48.4 Å². The fourth-order valence-corrected chi connectivity index (χ4v) is 2.79. The minimum Gasteiger partial charge on any atom is -0.377 e. The molecular weight excluding hydrogens is 236 g/mol. The molecule has 0 aromatic carbocycles. The molecule has 0 radical (unpaired) electrons. The Balaban J connectivity index is 1.77. The van der Waals surface area contributed by atoms with Crippen molar-refractivity contribution < 1.29 is 4.74 Å². The van der Waals surface area contributed by atoms with Crippen LogP contribution in [0.1, 0.15) is 24.3 Å². The van der Waals surface area contributed by atoms with Gasteiger partial charge in [-0.3, -0.25) is 4.90 Å². The molecule has 1 aromatic rings. The molecule has 1 saturated heterocycles. The molecular formula is C11H20N4OS. The molecule has 1 N–H and O–H groups in total. The highest BCUT2D eigenvalue weighted by Gasteiger charge is 2.16. The maximum absolute atomic E-state index is 5.73. The number of anilines is 1. The lowest BCUT2D eigenvalue weighted by atomic mass is 10.1. The zero-order valence-corrected chi connectivity index (χ0v) is 11.3. The van der Waals surface area contributed by atoms with Gasteiger partial charge in [0.05, 0.1) is 12.6 Å². The summed E-state index contributed by atoms with van der Waals surface area (Å²) in [5, 5.41) is 13.1. The van der Waals surface area contributed by atoms with Gasteiger partial charge in [-0.05, 0) is 26.3 Å². The Kier molecular flexibility index (Phi) is 4.70. The summed E-state index contributed by atoms with van der Waals surface area (Å²) < 4.78 is 5.73. The van der Waals surface area contributed by atoms with E-state index in [0.717, 1.165) is 29.8 Å². The van der Waals surface area contributed by atoms with Gasteiger partial charge in [0.2, 0.25) is 5.13 Å². The highest BCUT2D eigenvalue weighted by molar-refractivity contribution is 7.15. The van der Waals surface area contributed by atoms with Gasteiger partial charge >= 0.3 is 0 Å². The molecule has 0 saturated carbocycles. The summed E-state index contributed by atoms with van der Waals surface area (Å²) in [6.45, 7) is 2.74. The number of nitrogens with zero attached hydrogens (tertiary/aromatic N) is 3. The van der Waals surface area contributed by atoms with Crippen molar-refractivity contribution in [1.82, 2.24) is 15.1 Å². The largest absolute Gasteiger partial charge is 0.377 e. The third kappa shape index (κ3) is 3.90. The first-order valence-corrected chi connectivity index (χ1v) is 6.90. The second kappa shape index (κ2) is 6.28. The fourth-order valence-electron chi connectivity index (χ4n) is 2.01. The van der Waals surface area contributed by atoms with E-state index in [2.05, 4.69) is 27.5 Å². The Hall–Kier alpha value is -0.720. The van der Waals surface area contributed by atoms with Crippen molar-refractivity contribution in [3.63, 3.8) is 0 Å². The summed E-state index contributed by atoms with van der Waals surface area (Å²) in [6.07, 6.45) is 4.08. The average molecular weight is 256 g/mol. The van der Waals surface area contributed by atoms with Gasteiger partial charge in [-0.25, -0.2) is 0 Å². The lowest BCUT2D eigenvalue weighted by Crippen LogP contribution is -2.33. The summed E-state index contributed by atoms with van der Waals surface area (Å²) in [7, 11) is 3.97. The predicted octanol–water partition coefficient (Wildman–Crippen LogP) is 1.58. The maximum Gasteiger partial charge on any atom is 0.205 e. The first-order valence-electron chi connectivity index (χ1n) is 6.08. The Morgan fingerprint density at radius 2 is 2.35 bits per heavy atom. The van der Waals surface area contributed by atoms with Gasteiger partial charge in [0, 0.05) is 20.2 Å². The first kappa shape index (κ1) is 12.7. The molecule has 1 fully saturated rings. The van der Waals surface area contributed by atoms with Crippen LogP contribution in [0.3, 0.4) is 0 Å². The van der Waals surface area contributed by atoms with Crippen LogP contribution in [0, 0.1) is 0 Å². The predicted molar refractivity (Wildman–Crippen MR) is 69.4 cm³/mol. The Labute approximate surface area is 106 Å². The average Bonchev–Trinajstić information content (AvgIpc) is 2.78. The molecule has 1 aliphatic heterocycles.